The Bertz CT molecular complexity index is 2100. The van der Waals surface area contributed by atoms with Gasteiger partial charge in [0.1, 0.15) is 6.61 Å². The summed E-state index contributed by atoms with van der Waals surface area (Å²) in [5.74, 6) is 1.77. The zero-order valence-corrected chi connectivity index (χ0v) is 32.2. The summed E-state index contributed by atoms with van der Waals surface area (Å²) in [6.45, 7) is 7.06. The van der Waals surface area contributed by atoms with Crippen LogP contribution in [0.2, 0.25) is 0 Å². The van der Waals surface area contributed by atoms with Crippen molar-refractivity contribution >= 4 is 62.9 Å². The number of rotatable bonds is 9. The Morgan fingerprint density at radius 1 is 0.865 bits per heavy atom. The average molecular weight is 818 g/mol. The van der Waals surface area contributed by atoms with Gasteiger partial charge >= 0.3 is 0 Å². The Morgan fingerprint density at radius 2 is 1.50 bits per heavy atom. The number of benzene rings is 5. The largest absolute Gasteiger partial charge is 0.490 e. The van der Waals surface area contributed by atoms with E-state index in [1.807, 2.05) is 25.1 Å². The maximum atomic E-state index is 13.4. The summed E-state index contributed by atoms with van der Waals surface area (Å²) in [7, 11) is 0. The van der Waals surface area contributed by atoms with Crippen molar-refractivity contribution < 1.29 is 14.3 Å². The normalized spacial score (nSPS) is 19.4. The Balaban J connectivity index is 1.11. The van der Waals surface area contributed by atoms with Crippen molar-refractivity contribution in [1.82, 2.24) is 5.32 Å². The number of hydrogen-bond acceptors (Lipinski definition) is 6. The number of hydrogen-bond donors (Lipinski definition) is 1. The van der Waals surface area contributed by atoms with E-state index in [9.17, 15) is 4.79 Å². The lowest BCUT2D eigenvalue weighted by atomic mass is 9.76. The second-order valence-electron chi connectivity index (χ2n) is 13.5. The summed E-state index contributed by atoms with van der Waals surface area (Å²) >= 11 is 3.65. The maximum absolute atomic E-state index is 13.4. The van der Waals surface area contributed by atoms with Crippen LogP contribution in [0.25, 0.3) is 6.08 Å². The minimum absolute atomic E-state index is 0.161. The minimum Gasteiger partial charge on any atom is -0.490 e. The molecule has 0 aliphatic carbocycles. The molecule has 1 fully saturated rings. The molecule has 1 N–H and O–H groups in total. The molecular weight excluding hydrogens is 777 g/mol. The van der Waals surface area contributed by atoms with Crippen LogP contribution < -0.4 is 19.7 Å². The van der Waals surface area contributed by atoms with Crippen LogP contribution in [0.4, 0.5) is 11.4 Å². The second kappa shape index (κ2) is 15.2. The fourth-order valence-corrected chi connectivity index (χ4v) is 9.19. The van der Waals surface area contributed by atoms with Gasteiger partial charge in [0.2, 0.25) is 0 Å². The third kappa shape index (κ3) is 7.23. The van der Waals surface area contributed by atoms with Crippen LogP contribution in [0.3, 0.4) is 0 Å². The number of nitrogens with zero attached hydrogens (tertiary/aromatic N) is 2. The highest BCUT2D eigenvalue weighted by Gasteiger charge is 2.35. The van der Waals surface area contributed by atoms with Gasteiger partial charge in [-0.25, -0.2) is 4.99 Å². The molecule has 8 heteroatoms. The van der Waals surface area contributed by atoms with E-state index in [-0.39, 0.29) is 17.7 Å². The number of aliphatic imine (C=N–C) groups is 1. The van der Waals surface area contributed by atoms with Crippen molar-refractivity contribution in [3.05, 3.63) is 157 Å². The molecule has 6 nitrogen and oxygen atoms in total. The molecule has 262 valence electrons. The molecule has 2 atom stereocenters. The summed E-state index contributed by atoms with van der Waals surface area (Å²) < 4.78 is 13.2. The molecule has 0 spiro atoms. The third-order valence-corrected chi connectivity index (χ3v) is 11.7. The highest BCUT2D eigenvalue weighted by atomic mass is 127. The Labute approximate surface area is 323 Å². The van der Waals surface area contributed by atoms with E-state index in [1.165, 1.54) is 45.3 Å². The number of anilines is 1. The number of halogens is 1. The smallest absolute Gasteiger partial charge is 0.264 e. The summed E-state index contributed by atoms with van der Waals surface area (Å²) in [6, 6.07) is 38.5. The van der Waals surface area contributed by atoms with E-state index in [4.69, 9.17) is 14.5 Å². The Morgan fingerprint density at radius 3 is 2.12 bits per heavy atom. The minimum atomic E-state index is -0.161. The van der Waals surface area contributed by atoms with Crippen molar-refractivity contribution in [2.45, 2.75) is 45.1 Å². The highest BCUT2D eigenvalue weighted by Crippen LogP contribution is 2.50. The van der Waals surface area contributed by atoms with Gasteiger partial charge in [-0.05, 0) is 125 Å². The van der Waals surface area contributed by atoms with Crippen LogP contribution in [0.15, 0.2) is 119 Å². The lowest BCUT2D eigenvalue weighted by Crippen LogP contribution is -2.37. The van der Waals surface area contributed by atoms with E-state index in [0.717, 1.165) is 46.3 Å². The highest BCUT2D eigenvalue weighted by molar-refractivity contribution is 14.1. The van der Waals surface area contributed by atoms with Crippen molar-refractivity contribution in [2.75, 3.05) is 24.6 Å². The van der Waals surface area contributed by atoms with E-state index in [2.05, 4.69) is 137 Å². The molecule has 8 rings (SSSR count). The van der Waals surface area contributed by atoms with Crippen LogP contribution in [0.5, 0.6) is 11.5 Å². The van der Waals surface area contributed by atoms with Crippen molar-refractivity contribution in [3.8, 4) is 11.5 Å². The number of aryl methyl sites for hydroxylation is 1. The maximum Gasteiger partial charge on any atom is 0.264 e. The molecule has 0 aromatic heterocycles. The predicted molar refractivity (Wildman–Crippen MR) is 221 cm³/mol. The van der Waals surface area contributed by atoms with Crippen LogP contribution >= 0.6 is 34.4 Å². The van der Waals surface area contributed by atoms with Gasteiger partial charge in [0, 0.05) is 30.6 Å². The molecule has 52 heavy (non-hydrogen) atoms. The molecule has 3 heterocycles. The number of carbonyl (C=O) groups excluding carboxylic acids is 1. The van der Waals surface area contributed by atoms with Crippen molar-refractivity contribution in [2.24, 2.45) is 4.99 Å². The SMILES string of the molecule is CCOc1cc(/C=C2\SC(=Nc3cc4c5c(c3)[C@@H](c3ccccc3)CCN5CC[C@@H]4c3ccccc3)NC2=O)cc(I)c1OCc1ccc(C)cc1. The molecule has 0 saturated carbocycles. The number of thioether (sulfide) groups is 1. The fourth-order valence-electron chi connectivity index (χ4n) is 7.57. The fraction of sp³-hybridized carbons (Fsp3) is 0.227. The van der Waals surface area contributed by atoms with Gasteiger partial charge in [-0.2, -0.15) is 0 Å². The first-order valence-corrected chi connectivity index (χ1v) is 19.8. The van der Waals surface area contributed by atoms with Gasteiger partial charge in [-0.15, -0.1) is 0 Å². The van der Waals surface area contributed by atoms with Gasteiger partial charge in [0.25, 0.3) is 5.91 Å². The van der Waals surface area contributed by atoms with Gasteiger partial charge in [0.05, 0.1) is 20.8 Å². The molecule has 5 aromatic carbocycles. The Kier molecular flexibility index (Phi) is 10.1. The van der Waals surface area contributed by atoms with Crippen molar-refractivity contribution in [1.29, 1.82) is 0 Å². The Hall–Kier alpha value is -4.54. The average Bonchev–Trinajstić information content (AvgIpc) is 3.50. The van der Waals surface area contributed by atoms with Gasteiger partial charge in [0.15, 0.2) is 16.7 Å². The third-order valence-electron chi connectivity index (χ3n) is 10.0. The monoisotopic (exact) mass is 817 g/mol. The van der Waals surface area contributed by atoms with Gasteiger partial charge < -0.3 is 19.7 Å². The lowest BCUT2D eigenvalue weighted by molar-refractivity contribution is -0.115. The van der Waals surface area contributed by atoms with Gasteiger partial charge in [-0.3, -0.25) is 4.79 Å². The number of carbonyl (C=O) groups is 1. The molecule has 1 saturated heterocycles. The number of nitrogens with one attached hydrogen (secondary N) is 1. The van der Waals surface area contributed by atoms with Crippen LogP contribution in [-0.2, 0) is 11.4 Å². The van der Waals surface area contributed by atoms with E-state index in [1.54, 1.807) is 0 Å². The van der Waals surface area contributed by atoms with E-state index in [0.29, 0.717) is 34.8 Å². The number of ether oxygens (including phenoxy) is 2. The molecule has 1 amide bonds. The number of amides is 1. The molecule has 0 bridgehead atoms. The summed E-state index contributed by atoms with van der Waals surface area (Å²) in [6.07, 6.45) is 4.02. The molecule has 5 aromatic rings. The topological polar surface area (TPSA) is 63.2 Å². The quantitative estimate of drug-likeness (QED) is 0.119. The zero-order valence-electron chi connectivity index (χ0n) is 29.3. The van der Waals surface area contributed by atoms with Crippen molar-refractivity contribution in [3.63, 3.8) is 0 Å². The molecular formula is C44H40IN3O3S. The van der Waals surface area contributed by atoms with Crippen LogP contribution in [0, 0.1) is 10.5 Å². The first-order chi connectivity index (χ1) is 25.4. The molecule has 0 unspecified atom stereocenters. The first kappa shape index (κ1) is 34.5. The number of amidine groups is 1. The summed E-state index contributed by atoms with van der Waals surface area (Å²) in [4.78, 5) is 21.6. The predicted octanol–water partition coefficient (Wildman–Crippen LogP) is 10.3. The van der Waals surface area contributed by atoms with E-state index >= 15 is 0 Å². The summed E-state index contributed by atoms with van der Waals surface area (Å²) in [5, 5.41) is 3.63. The van der Waals surface area contributed by atoms with Gasteiger partial charge in [-0.1, -0.05) is 90.5 Å². The zero-order chi connectivity index (χ0) is 35.6. The van der Waals surface area contributed by atoms with Crippen LogP contribution in [0.1, 0.15) is 70.5 Å². The summed E-state index contributed by atoms with van der Waals surface area (Å²) in [5.41, 5.74) is 10.7. The molecule has 3 aliphatic rings. The molecule has 0 radical (unpaired) electrons. The first-order valence-electron chi connectivity index (χ1n) is 17.9. The van der Waals surface area contributed by atoms with E-state index < -0.39 is 0 Å². The lowest BCUT2D eigenvalue weighted by Gasteiger charge is -2.43. The molecule has 3 aliphatic heterocycles. The van der Waals surface area contributed by atoms with Crippen LogP contribution in [-0.4, -0.2) is 30.8 Å². The standard InChI is InChI=1S/C44H40IN3O3S/c1-3-50-39-23-30(22-38(45)42(39)51-27-29-16-14-28(2)15-17-29)24-40-43(49)47-44(52-40)46-33-25-36-34(31-10-6-4-7-11-31)18-20-48-21-19-35(37(26-33)41(36)48)32-12-8-5-9-13-32/h4-17,22-26,34-35H,3,18-21,27H2,1-2H3,(H,46,47,49)/b40-24-/t34-,35-/m1/s1. The second-order valence-corrected chi connectivity index (χ2v) is 15.7.